The van der Waals surface area contributed by atoms with Crippen molar-refractivity contribution < 1.29 is 19.0 Å². The summed E-state index contributed by atoms with van der Waals surface area (Å²) in [5.74, 6) is 0.919. The van der Waals surface area contributed by atoms with Gasteiger partial charge in [-0.05, 0) is 44.7 Å². The maximum atomic E-state index is 12.4. The van der Waals surface area contributed by atoms with Crippen LogP contribution in [0.15, 0.2) is 29.3 Å². The van der Waals surface area contributed by atoms with Gasteiger partial charge < -0.3 is 29.3 Å². The molecule has 3 aliphatic heterocycles. The van der Waals surface area contributed by atoms with Crippen molar-refractivity contribution in [2.75, 3.05) is 39.4 Å². The number of rotatable bonds is 5. The first-order valence-corrected chi connectivity index (χ1v) is 11.7. The molecule has 3 heterocycles. The minimum atomic E-state index is -0.475. The van der Waals surface area contributed by atoms with Gasteiger partial charge in [0.15, 0.2) is 5.96 Å². The van der Waals surface area contributed by atoms with Crippen molar-refractivity contribution in [3.8, 4) is 0 Å². The summed E-state index contributed by atoms with van der Waals surface area (Å²) >= 11 is 0. The number of guanidine groups is 1. The smallest absolute Gasteiger partial charge is 0.410 e. The molecule has 2 saturated heterocycles. The van der Waals surface area contributed by atoms with Gasteiger partial charge in [0.25, 0.3) is 0 Å². The highest BCUT2D eigenvalue weighted by Crippen LogP contribution is 2.19. The molecule has 9 heteroatoms. The first-order valence-electron chi connectivity index (χ1n) is 11.7. The standard InChI is InChI=1S/C24H36N4O4.HI/c1-24(2,3)32-23(29)27-9-10-28-20(16-27)15-26-22(28)25-14-18-5-4-6-19(13-18)17-31-21-7-11-30-12-8-21;/h4-6,13,20-21H,7-12,14-17H2,1-3H3,(H,25,26);1H. The van der Waals surface area contributed by atoms with Crippen LogP contribution in [0.5, 0.6) is 0 Å². The van der Waals surface area contributed by atoms with Crippen molar-refractivity contribution in [2.45, 2.75) is 64.5 Å². The maximum Gasteiger partial charge on any atom is 0.410 e. The minimum absolute atomic E-state index is 0. The number of amides is 1. The van der Waals surface area contributed by atoms with Gasteiger partial charge >= 0.3 is 6.09 Å². The molecule has 8 nitrogen and oxygen atoms in total. The lowest BCUT2D eigenvalue weighted by atomic mass is 10.1. The Hall–Kier alpha value is -1.59. The second-order valence-corrected chi connectivity index (χ2v) is 9.73. The molecular formula is C24H37IN4O4. The molecular weight excluding hydrogens is 535 g/mol. The third-order valence-corrected chi connectivity index (χ3v) is 5.95. The lowest BCUT2D eigenvalue weighted by Gasteiger charge is -2.39. The van der Waals surface area contributed by atoms with Crippen LogP contribution in [-0.4, -0.2) is 79.0 Å². The Morgan fingerprint density at radius 1 is 1.21 bits per heavy atom. The molecule has 1 aromatic rings. The Bertz CT molecular complexity index is 823. The summed E-state index contributed by atoms with van der Waals surface area (Å²) in [7, 11) is 0. The van der Waals surface area contributed by atoms with E-state index in [9.17, 15) is 4.79 Å². The molecule has 0 radical (unpaired) electrons. The Morgan fingerprint density at radius 2 is 1.97 bits per heavy atom. The Labute approximate surface area is 214 Å². The summed E-state index contributed by atoms with van der Waals surface area (Å²) in [5, 5.41) is 3.50. The molecule has 1 atom stereocenters. The summed E-state index contributed by atoms with van der Waals surface area (Å²) in [6.45, 7) is 11.4. The minimum Gasteiger partial charge on any atom is -0.444 e. The third kappa shape index (κ3) is 7.45. The van der Waals surface area contributed by atoms with Crippen molar-refractivity contribution in [3.63, 3.8) is 0 Å². The summed E-state index contributed by atoms with van der Waals surface area (Å²) in [4.78, 5) is 21.2. The molecule has 2 fully saturated rings. The maximum absolute atomic E-state index is 12.4. The lowest BCUT2D eigenvalue weighted by molar-refractivity contribution is -0.0390. The number of aliphatic imine (C=N–C) groups is 1. The summed E-state index contributed by atoms with van der Waals surface area (Å²) in [6.07, 6.45) is 2.01. The van der Waals surface area contributed by atoms with Crippen molar-refractivity contribution in [2.24, 2.45) is 4.99 Å². The van der Waals surface area contributed by atoms with Crippen LogP contribution >= 0.6 is 24.0 Å². The van der Waals surface area contributed by atoms with Gasteiger partial charge in [0.2, 0.25) is 0 Å². The van der Waals surface area contributed by atoms with E-state index >= 15 is 0 Å². The van der Waals surface area contributed by atoms with E-state index in [4.69, 9.17) is 19.2 Å². The number of hydrogen-bond donors (Lipinski definition) is 1. The van der Waals surface area contributed by atoms with E-state index in [0.29, 0.717) is 38.9 Å². The SMILES string of the molecule is CC(C)(C)OC(=O)N1CCN2C(NCc3cccc(COC4CCOCC4)c3)=NCC2C1.I. The van der Waals surface area contributed by atoms with Gasteiger partial charge in [0.05, 0.1) is 25.3 Å². The molecule has 1 amide bonds. The molecule has 1 aromatic carbocycles. The zero-order valence-electron chi connectivity index (χ0n) is 19.9. The molecule has 4 rings (SSSR count). The number of ether oxygens (including phenoxy) is 3. The highest BCUT2D eigenvalue weighted by atomic mass is 127. The van der Waals surface area contributed by atoms with Crippen LogP contribution in [0.25, 0.3) is 0 Å². The molecule has 0 spiro atoms. The Balaban J connectivity index is 0.00000306. The second-order valence-electron chi connectivity index (χ2n) is 9.73. The van der Waals surface area contributed by atoms with Gasteiger partial charge in [-0.2, -0.15) is 0 Å². The molecule has 184 valence electrons. The fraction of sp³-hybridized carbons (Fsp3) is 0.667. The number of nitrogens with one attached hydrogen (secondary N) is 1. The number of benzene rings is 1. The fourth-order valence-corrected chi connectivity index (χ4v) is 4.29. The van der Waals surface area contributed by atoms with Crippen LogP contribution < -0.4 is 5.32 Å². The number of piperazine rings is 1. The largest absolute Gasteiger partial charge is 0.444 e. The Kier molecular flexibility index (Phi) is 9.23. The quantitative estimate of drug-likeness (QED) is 0.546. The summed E-state index contributed by atoms with van der Waals surface area (Å²) < 4.78 is 17.0. The van der Waals surface area contributed by atoms with E-state index in [0.717, 1.165) is 38.6 Å². The molecule has 0 bridgehead atoms. The lowest BCUT2D eigenvalue weighted by Crippen LogP contribution is -2.57. The zero-order chi connectivity index (χ0) is 22.6. The average Bonchev–Trinajstić information content (AvgIpc) is 3.18. The first-order chi connectivity index (χ1) is 15.4. The van der Waals surface area contributed by atoms with Crippen molar-refractivity contribution >= 4 is 36.0 Å². The van der Waals surface area contributed by atoms with Crippen molar-refractivity contribution in [1.82, 2.24) is 15.1 Å². The van der Waals surface area contributed by atoms with Crippen LogP contribution in [-0.2, 0) is 27.4 Å². The van der Waals surface area contributed by atoms with Gasteiger partial charge in [-0.25, -0.2) is 4.79 Å². The number of carbonyl (C=O) groups is 1. The van der Waals surface area contributed by atoms with E-state index in [1.807, 2.05) is 20.8 Å². The predicted octanol–water partition coefficient (Wildman–Crippen LogP) is 3.38. The van der Waals surface area contributed by atoms with Crippen LogP contribution in [0, 0.1) is 0 Å². The normalized spacial score (nSPS) is 21.2. The van der Waals surface area contributed by atoms with Crippen molar-refractivity contribution in [3.05, 3.63) is 35.4 Å². The zero-order valence-corrected chi connectivity index (χ0v) is 22.2. The number of fused-ring (bicyclic) bond motifs is 1. The predicted molar refractivity (Wildman–Crippen MR) is 138 cm³/mol. The fourth-order valence-electron chi connectivity index (χ4n) is 4.29. The van der Waals surface area contributed by atoms with E-state index in [1.54, 1.807) is 4.90 Å². The van der Waals surface area contributed by atoms with Crippen molar-refractivity contribution in [1.29, 1.82) is 0 Å². The number of nitrogens with zero attached hydrogens (tertiary/aromatic N) is 3. The molecule has 0 aliphatic carbocycles. The van der Waals surface area contributed by atoms with Gasteiger partial charge in [0, 0.05) is 39.4 Å². The van der Waals surface area contributed by atoms with Gasteiger partial charge in [-0.3, -0.25) is 4.99 Å². The number of halogens is 1. The Morgan fingerprint density at radius 3 is 2.73 bits per heavy atom. The van der Waals surface area contributed by atoms with Gasteiger partial charge in [-0.1, -0.05) is 24.3 Å². The topological polar surface area (TPSA) is 75.6 Å². The molecule has 3 aliphatic rings. The molecule has 0 aromatic heterocycles. The highest BCUT2D eigenvalue weighted by molar-refractivity contribution is 14.0. The second kappa shape index (κ2) is 11.7. The van der Waals surface area contributed by atoms with Gasteiger partial charge in [0.1, 0.15) is 5.60 Å². The van der Waals surface area contributed by atoms with Crippen LogP contribution in [0.4, 0.5) is 4.79 Å². The molecule has 0 saturated carbocycles. The molecule has 1 unspecified atom stereocenters. The van der Waals surface area contributed by atoms with Gasteiger partial charge in [-0.15, -0.1) is 24.0 Å². The third-order valence-electron chi connectivity index (χ3n) is 5.95. The molecule has 1 N–H and O–H groups in total. The number of hydrogen-bond acceptors (Lipinski definition) is 7. The average molecular weight is 572 g/mol. The van der Waals surface area contributed by atoms with E-state index < -0.39 is 5.60 Å². The van der Waals surface area contributed by atoms with E-state index in [1.165, 1.54) is 11.1 Å². The summed E-state index contributed by atoms with van der Waals surface area (Å²) in [6, 6.07) is 8.72. The number of carbonyl (C=O) groups excluding carboxylic acids is 1. The van der Waals surface area contributed by atoms with E-state index in [-0.39, 0.29) is 36.1 Å². The van der Waals surface area contributed by atoms with Crippen LogP contribution in [0.3, 0.4) is 0 Å². The monoisotopic (exact) mass is 572 g/mol. The highest BCUT2D eigenvalue weighted by Gasteiger charge is 2.36. The summed E-state index contributed by atoms with van der Waals surface area (Å²) in [5.41, 5.74) is 1.92. The first kappa shape index (κ1) is 26.0. The van der Waals surface area contributed by atoms with Crippen LogP contribution in [0.2, 0.25) is 0 Å². The molecule has 33 heavy (non-hydrogen) atoms. The van der Waals surface area contributed by atoms with Crippen LogP contribution in [0.1, 0.15) is 44.7 Å². The van der Waals surface area contributed by atoms with E-state index in [2.05, 4.69) is 34.5 Å².